The van der Waals surface area contributed by atoms with Crippen molar-refractivity contribution in [2.24, 2.45) is 11.8 Å². The Labute approximate surface area is 94.5 Å². The molecule has 0 aromatic heterocycles. The van der Waals surface area contributed by atoms with E-state index in [4.69, 9.17) is 0 Å². The van der Waals surface area contributed by atoms with Gasteiger partial charge in [-0.25, -0.2) is 0 Å². The topological polar surface area (TPSA) is 32.3 Å². The van der Waals surface area contributed by atoms with Gasteiger partial charge >= 0.3 is 0 Å². The highest BCUT2D eigenvalue weighted by Gasteiger charge is 2.26. The van der Waals surface area contributed by atoms with E-state index in [1.807, 2.05) is 6.92 Å². The van der Waals surface area contributed by atoms with E-state index in [1.165, 1.54) is 25.7 Å². The van der Waals surface area contributed by atoms with Crippen LogP contribution in [-0.2, 0) is 0 Å². The molecule has 0 aromatic carbocycles. The van der Waals surface area contributed by atoms with Crippen LogP contribution in [0.2, 0.25) is 0 Å². The minimum absolute atomic E-state index is 0.168. The van der Waals surface area contributed by atoms with Crippen molar-refractivity contribution in [2.75, 3.05) is 6.54 Å². The van der Waals surface area contributed by atoms with E-state index < -0.39 is 0 Å². The van der Waals surface area contributed by atoms with Gasteiger partial charge in [0.2, 0.25) is 0 Å². The highest BCUT2D eigenvalue weighted by molar-refractivity contribution is 4.82. The molecule has 1 rings (SSSR count). The van der Waals surface area contributed by atoms with Gasteiger partial charge in [0.1, 0.15) is 0 Å². The molecule has 90 valence electrons. The smallest absolute Gasteiger partial charge is 0.0524 e. The summed E-state index contributed by atoms with van der Waals surface area (Å²) in [4.78, 5) is 0. The average molecular weight is 213 g/mol. The van der Waals surface area contributed by atoms with Crippen molar-refractivity contribution in [1.82, 2.24) is 5.32 Å². The predicted octanol–water partition coefficient (Wildman–Crippen LogP) is 2.56. The van der Waals surface area contributed by atoms with Crippen molar-refractivity contribution in [3.05, 3.63) is 0 Å². The molecule has 1 saturated carbocycles. The monoisotopic (exact) mass is 213 g/mol. The molecular formula is C13H27NO. The molecule has 0 saturated heterocycles. The summed E-state index contributed by atoms with van der Waals surface area (Å²) in [5, 5.41) is 12.8. The molecule has 1 aliphatic rings. The first-order valence-electron chi connectivity index (χ1n) is 6.52. The summed E-state index contributed by atoms with van der Waals surface area (Å²) in [6.07, 6.45) is 6.18. The van der Waals surface area contributed by atoms with Crippen LogP contribution in [0.4, 0.5) is 0 Å². The summed E-state index contributed by atoms with van der Waals surface area (Å²) < 4.78 is 0. The Balaban J connectivity index is 2.29. The lowest BCUT2D eigenvalue weighted by atomic mass is 9.78. The largest absolute Gasteiger partial charge is 0.393 e. The zero-order chi connectivity index (χ0) is 11.3. The number of hydrogen-bond acceptors (Lipinski definition) is 2. The van der Waals surface area contributed by atoms with Crippen LogP contribution in [0, 0.1) is 11.8 Å². The van der Waals surface area contributed by atoms with Gasteiger partial charge < -0.3 is 10.4 Å². The van der Waals surface area contributed by atoms with Gasteiger partial charge in [-0.1, -0.05) is 26.7 Å². The van der Waals surface area contributed by atoms with E-state index in [0.29, 0.717) is 6.04 Å². The Kier molecular flexibility index (Phi) is 5.62. The first-order chi connectivity index (χ1) is 7.11. The van der Waals surface area contributed by atoms with Crippen LogP contribution in [0.25, 0.3) is 0 Å². The highest BCUT2D eigenvalue weighted by atomic mass is 16.3. The van der Waals surface area contributed by atoms with Gasteiger partial charge in [-0.3, -0.25) is 0 Å². The Morgan fingerprint density at radius 1 is 1.20 bits per heavy atom. The lowest BCUT2D eigenvalue weighted by Gasteiger charge is -2.35. The molecule has 0 radical (unpaired) electrons. The maximum absolute atomic E-state index is 9.22. The van der Waals surface area contributed by atoms with Crippen molar-refractivity contribution in [1.29, 1.82) is 0 Å². The summed E-state index contributed by atoms with van der Waals surface area (Å²) in [5.74, 6) is 1.63. The molecule has 0 heterocycles. The molecule has 2 N–H and O–H groups in total. The van der Waals surface area contributed by atoms with E-state index in [0.717, 1.165) is 24.8 Å². The van der Waals surface area contributed by atoms with E-state index in [2.05, 4.69) is 19.2 Å². The second-order valence-corrected chi connectivity index (χ2v) is 5.39. The van der Waals surface area contributed by atoms with Crippen LogP contribution in [0.15, 0.2) is 0 Å². The fourth-order valence-electron chi connectivity index (χ4n) is 2.69. The number of aliphatic hydroxyl groups excluding tert-OH is 1. The van der Waals surface area contributed by atoms with Crippen molar-refractivity contribution in [2.45, 2.75) is 65.0 Å². The fourth-order valence-corrected chi connectivity index (χ4v) is 2.69. The maximum Gasteiger partial charge on any atom is 0.0524 e. The summed E-state index contributed by atoms with van der Waals surface area (Å²) >= 11 is 0. The zero-order valence-corrected chi connectivity index (χ0v) is 10.5. The fraction of sp³-hybridized carbons (Fsp3) is 1.00. The first-order valence-corrected chi connectivity index (χ1v) is 6.52. The Morgan fingerprint density at radius 2 is 1.87 bits per heavy atom. The van der Waals surface area contributed by atoms with Gasteiger partial charge in [-0.15, -0.1) is 0 Å². The van der Waals surface area contributed by atoms with Crippen LogP contribution < -0.4 is 5.32 Å². The molecule has 0 aromatic rings. The van der Waals surface area contributed by atoms with Gasteiger partial charge in [0, 0.05) is 6.04 Å². The molecule has 3 unspecified atom stereocenters. The zero-order valence-electron chi connectivity index (χ0n) is 10.5. The molecule has 0 amide bonds. The van der Waals surface area contributed by atoms with Crippen molar-refractivity contribution in [3.63, 3.8) is 0 Å². The lowest BCUT2D eigenvalue weighted by Crippen LogP contribution is -2.41. The Bertz CT molecular complexity index is 168. The summed E-state index contributed by atoms with van der Waals surface area (Å²) in [6, 6.07) is 0.692. The third kappa shape index (κ3) is 4.52. The van der Waals surface area contributed by atoms with Crippen LogP contribution in [0.1, 0.15) is 52.9 Å². The molecule has 0 spiro atoms. The van der Waals surface area contributed by atoms with E-state index in [-0.39, 0.29) is 6.10 Å². The summed E-state index contributed by atoms with van der Waals surface area (Å²) in [7, 11) is 0. The quantitative estimate of drug-likeness (QED) is 0.735. The van der Waals surface area contributed by atoms with E-state index >= 15 is 0 Å². The van der Waals surface area contributed by atoms with Gasteiger partial charge in [0.05, 0.1) is 6.10 Å². The number of hydrogen-bond donors (Lipinski definition) is 2. The lowest BCUT2D eigenvalue weighted by molar-refractivity contribution is 0.167. The van der Waals surface area contributed by atoms with Crippen LogP contribution in [0.3, 0.4) is 0 Å². The second kappa shape index (κ2) is 6.49. The molecule has 1 aliphatic carbocycles. The van der Waals surface area contributed by atoms with Gasteiger partial charge in [0.25, 0.3) is 0 Å². The summed E-state index contributed by atoms with van der Waals surface area (Å²) in [6.45, 7) is 7.49. The summed E-state index contributed by atoms with van der Waals surface area (Å²) in [5.41, 5.74) is 0. The van der Waals surface area contributed by atoms with E-state index in [9.17, 15) is 5.11 Å². The van der Waals surface area contributed by atoms with Gasteiger partial charge in [-0.05, 0) is 44.6 Å². The molecule has 1 fully saturated rings. The predicted molar refractivity (Wildman–Crippen MR) is 64.9 cm³/mol. The van der Waals surface area contributed by atoms with Crippen LogP contribution >= 0.6 is 0 Å². The molecule has 2 heteroatoms. The Morgan fingerprint density at radius 3 is 2.47 bits per heavy atom. The van der Waals surface area contributed by atoms with Crippen molar-refractivity contribution < 1.29 is 5.11 Å². The number of aliphatic hydroxyl groups is 1. The van der Waals surface area contributed by atoms with E-state index in [1.54, 1.807) is 0 Å². The minimum Gasteiger partial charge on any atom is -0.393 e. The average Bonchev–Trinajstić information content (AvgIpc) is 2.17. The molecule has 15 heavy (non-hydrogen) atoms. The number of nitrogens with one attached hydrogen (secondary N) is 1. The minimum atomic E-state index is -0.168. The highest BCUT2D eigenvalue weighted by Crippen LogP contribution is 2.30. The molecule has 2 nitrogen and oxygen atoms in total. The normalized spacial score (nSPS) is 29.4. The SMILES string of the molecule is CC(O)CCNC1CCCCC1C(C)C. The Hall–Kier alpha value is -0.0800. The van der Waals surface area contributed by atoms with Crippen LogP contribution in [0.5, 0.6) is 0 Å². The second-order valence-electron chi connectivity index (χ2n) is 5.39. The van der Waals surface area contributed by atoms with Crippen molar-refractivity contribution in [3.8, 4) is 0 Å². The third-order valence-corrected chi connectivity index (χ3v) is 3.64. The van der Waals surface area contributed by atoms with Crippen molar-refractivity contribution >= 4 is 0 Å². The third-order valence-electron chi connectivity index (χ3n) is 3.64. The number of rotatable bonds is 5. The van der Waals surface area contributed by atoms with Gasteiger partial charge in [-0.2, -0.15) is 0 Å². The van der Waals surface area contributed by atoms with Crippen LogP contribution in [-0.4, -0.2) is 23.8 Å². The van der Waals surface area contributed by atoms with Gasteiger partial charge in [0.15, 0.2) is 0 Å². The molecule has 0 aliphatic heterocycles. The maximum atomic E-state index is 9.22. The standard InChI is InChI=1S/C13H27NO/c1-10(2)12-6-4-5-7-13(12)14-9-8-11(3)15/h10-15H,4-9H2,1-3H3. The molecule has 3 atom stereocenters. The first kappa shape index (κ1) is 13.0. The molecular weight excluding hydrogens is 186 g/mol. The molecule has 0 bridgehead atoms.